The molecule has 1 aliphatic rings. The lowest BCUT2D eigenvalue weighted by molar-refractivity contribution is -0.126. The van der Waals surface area contributed by atoms with Crippen molar-refractivity contribution in [1.82, 2.24) is 5.32 Å². The average molecular weight is 276 g/mol. The minimum atomic E-state index is 0.105. The number of hydrogen-bond acceptors (Lipinski definition) is 3. The number of para-hydroxylation sites is 1. The second kappa shape index (κ2) is 7.90. The van der Waals surface area contributed by atoms with Crippen LogP contribution in [-0.2, 0) is 4.79 Å². The van der Waals surface area contributed by atoms with Gasteiger partial charge in [0.2, 0.25) is 5.91 Å². The molecule has 0 aliphatic heterocycles. The fraction of sp³-hybridized carbons (Fsp3) is 0.562. The molecule has 1 aliphatic carbocycles. The zero-order chi connectivity index (χ0) is 14.2. The van der Waals surface area contributed by atoms with E-state index in [9.17, 15) is 4.79 Å². The predicted molar refractivity (Wildman–Crippen MR) is 79.5 cm³/mol. The molecule has 3 N–H and O–H groups in total. The largest absolute Gasteiger partial charge is 0.494 e. The molecule has 1 aromatic rings. The van der Waals surface area contributed by atoms with Crippen LogP contribution in [0.1, 0.15) is 32.1 Å². The van der Waals surface area contributed by atoms with Crippen molar-refractivity contribution in [2.75, 3.05) is 13.2 Å². The summed E-state index contributed by atoms with van der Waals surface area (Å²) in [5.41, 5.74) is 5.90. The van der Waals surface area contributed by atoms with Crippen molar-refractivity contribution in [1.29, 1.82) is 0 Å². The third-order valence-corrected chi connectivity index (χ3v) is 3.72. The summed E-state index contributed by atoms with van der Waals surface area (Å²) in [5.74, 6) is 1.13. The van der Waals surface area contributed by atoms with Crippen LogP contribution in [0.5, 0.6) is 5.75 Å². The molecule has 4 nitrogen and oxygen atoms in total. The summed E-state index contributed by atoms with van der Waals surface area (Å²) in [6, 6.07) is 9.92. The van der Waals surface area contributed by atoms with Gasteiger partial charge in [0.1, 0.15) is 5.75 Å². The summed E-state index contributed by atoms with van der Waals surface area (Å²) >= 11 is 0. The number of carbonyl (C=O) groups excluding carboxylic acids is 1. The highest BCUT2D eigenvalue weighted by Gasteiger charge is 2.24. The second-order valence-electron chi connectivity index (χ2n) is 5.43. The van der Waals surface area contributed by atoms with E-state index >= 15 is 0 Å². The first-order chi connectivity index (χ1) is 9.75. The van der Waals surface area contributed by atoms with E-state index in [1.54, 1.807) is 0 Å². The van der Waals surface area contributed by atoms with Gasteiger partial charge in [-0.05, 0) is 37.8 Å². The Morgan fingerprint density at radius 2 is 2.10 bits per heavy atom. The minimum Gasteiger partial charge on any atom is -0.494 e. The molecule has 1 fully saturated rings. The molecule has 0 aromatic heterocycles. The summed E-state index contributed by atoms with van der Waals surface area (Å²) < 4.78 is 5.58. The van der Waals surface area contributed by atoms with Crippen LogP contribution in [0.3, 0.4) is 0 Å². The van der Waals surface area contributed by atoms with E-state index in [0.29, 0.717) is 13.2 Å². The normalized spacial score (nSPS) is 22.2. The van der Waals surface area contributed by atoms with Gasteiger partial charge in [0.15, 0.2) is 0 Å². The van der Waals surface area contributed by atoms with Gasteiger partial charge in [0, 0.05) is 18.5 Å². The highest BCUT2D eigenvalue weighted by molar-refractivity contribution is 5.78. The molecule has 0 radical (unpaired) electrons. The zero-order valence-corrected chi connectivity index (χ0v) is 11.9. The molecule has 1 aromatic carbocycles. The third-order valence-electron chi connectivity index (χ3n) is 3.72. The Balaban J connectivity index is 1.57. The highest BCUT2D eigenvalue weighted by Crippen LogP contribution is 2.23. The Labute approximate surface area is 120 Å². The Morgan fingerprint density at radius 1 is 1.30 bits per heavy atom. The van der Waals surface area contributed by atoms with Crippen LogP contribution < -0.4 is 15.8 Å². The van der Waals surface area contributed by atoms with Gasteiger partial charge in [-0.15, -0.1) is 0 Å². The van der Waals surface area contributed by atoms with E-state index < -0.39 is 0 Å². The fourth-order valence-electron chi connectivity index (χ4n) is 2.60. The van der Waals surface area contributed by atoms with Crippen molar-refractivity contribution in [3.8, 4) is 5.75 Å². The molecule has 1 saturated carbocycles. The lowest BCUT2D eigenvalue weighted by Crippen LogP contribution is -2.38. The maximum atomic E-state index is 12.0. The summed E-state index contributed by atoms with van der Waals surface area (Å²) in [4.78, 5) is 12.0. The van der Waals surface area contributed by atoms with Crippen LogP contribution in [0.15, 0.2) is 30.3 Å². The van der Waals surface area contributed by atoms with Crippen LogP contribution in [0, 0.1) is 5.92 Å². The average Bonchev–Trinajstić information content (AvgIpc) is 2.48. The van der Waals surface area contributed by atoms with Crippen molar-refractivity contribution >= 4 is 5.91 Å². The lowest BCUT2D eigenvalue weighted by Gasteiger charge is -2.25. The molecule has 20 heavy (non-hydrogen) atoms. The molecule has 0 heterocycles. The van der Waals surface area contributed by atoms with E-state index in [1.807, 2.05) is 30.3 Å². The van der Waals surface area contributed by atoms with E-state index in [1.165, 1.54) is 0 Å². The molecule has 0 bridgehead atoms. The van der Waals surface area contributed by atoms with Gasteiger partial charge < -0.3 is 15.8 Å². The van der Waals surface area contributed by atoms with Crippen LogP contribution in [0.2, 0.25) is 0 Å². The Kier molecular flexibility index (Phi) is 5.87. The number of nitrogens with two attached hydrogens (primary N) is 1. The summed E-state index contributed by atoms with van der Waals surface area (Å²) in [7, 11) is 0. The van der Waals surface area contributed by atoms with Crippen molar-refractivity contribution in [2.45, 2.75) is 38.1 Å². The zero-order valence-electron chi connectivity index (χ0n) is 11.9. The molecule has 0 saturated heterocycles. The van der Waals surface area contributed by atoms with Gasteiger partial charge in [-0.1, -0.05) is 24.6 Å². The SMILES string of the molecule is NC1CCCC(C(=O)NCCCOc2ccccc2)C1. The van der Waals surface area contributed by atoms with Crippen LogP contribution >= 0.6 is 0 Å². The molecule has 2 atom stereocenters. The van der Waals surface area contributed by atoms with Crippen molar-refractivity contribution < 1.29 is 9.53 Å². The van der Waals surface area contributed by atoms with Crippen molar-refractivity contribution in [2.24, 2.45) is 11.7 Å². The lowest BCUT2D eigenvalue weighted by atomic mass is 9.85. The predicted octanol–water partition coefficient (Wildman–Crippen LogP) is 2.09. The monoisotopic (exact) mass is 276 g/mol. The highest BCUT2D eigenvalue weighted by atomic mass is 16.5. The summed E-state index contributed by atoms with van der Waals surface area (Å²) in [6.07, 6.45) is 4.73. The molecule has 0 spiro atoms. The molecular formula is C16H24N2O2. The van der Waals surface area contributed by atoms with Gasteiger partial charge in [0.05, 0.1) is 6.61 Å². The molecule has 1 amide bonds. The fourth-order valence-corrected chi connectivity index (χ4v) is 2.60. The summed E-state index contributed by atoms with van der Waals surface area (Å²) in [6.45, 7) is 1.28. The van der Waals surface area contributed by atoms with E-state index in [2.05, 4.69) is 5.32 Å². The standard InChI is InChI=1S/C16H24N2O2/c17-14-7-4-6-13(12-14)16(19)18-10-5-11-20-15-8-2-1-3-9-15/h1-3,8-9,13-14H,4-7,10-12,17H2,(H,18,19). The molecule has 2 rings (SSSR count). The smallest absolute Gasteiger partial charge is 0.223 e. The minimum absolute atomic E-state index is 0.105. The number of carbonyl (C=O) groups is 1. The van der Waals surface area contributed by atoms with E-state index in [4.69, 9.17) is 10.5 Å². The Bertz CT molecular complexity index is 408. The van der Waals surface area contributed by atoms with Crippen LogP contribution in [0.4, 0.5) is 0 Å². The molecule has 2 unspecified atom stereocenters. The first-order valence-corrected chi connectivity index (χ1v) is 7.47. The van der Waals surface area contributed by atoms with E-state index in [0.717, 1.165) is 37.9 Å². The molecular weight excluding hydrogens is 252 g/mol. The van der Waals surface area contributed by atoms with Gasteiger partial charge in [-0.25, -0.2) is 0 Å². The molecule has 4 heteroatoms. The summed E-state index contributed by atoms with van der Waals surface area (Å²) in [5, 5.41) is 2.98. The Hall–Kier alpha value is -1.55. The van der Waals surface area contributed by atoms with Gasteiger partial charge in [-0.2, -0.15) is 0 Å². The number of nitrogens with one attached hydrogen (secondary N) is 1. The van der Waals surface area contributed by atoms with Gasteiger partial charge in [-0.3, -0.25) is 4.79 Å². The number of ether oxygens (including phenoxy) is 1. The number of amides is 1. The molecule has 110 valence electrons. The van der Waals surface area contributed by atoms with Gasteiger partial charge >= 0.3 is 0 Å². The van der Waals surface area contributed by atoms with Crippen LogP contribution in [0.25, 0.3) is 0 Å². The quantitative estimate of drug-likeness (QED) is 0.782. The second-order valence-corrected chi connectivity index (χ2v) is 5.43. The topological polar surface area (TPSA) is 64.4 Å². The first kappa shape index (κ1) is 14.9. The van der Waals surface area contributed by atoms with Crippen LogP contribution in [-0.4, -0.2) is 25.1 Å². The number of rotatable bonds is 6. The van der Waals surface area contributed by atoms with Crippen molar-refractivity contribution in [3.63, 3.8) is 0 Å². The Morgan fingerprint density at radius 3 is 2.85 bits per heavy atom. The number of hydrogen-bond donors (Lipinski definition) is 2. The third kappa shape index (κ3) is 4.85. The van der Waals surface area contributed by atoms with Gasteiger partial charge in [0.25, 0.3) is 0 Å². The maximum Gasteiger partial charge on any atom is 0.223 e. The van der Waals surface area contributed by atoms with Crippen molar-refractivity contribution in [3.05, 3.63) is 30.3 Å². The maximum absolute atomic E-state index is 12.0. The van der Waals surface area contributed by atoms with E-state index in [-0.39, 0.29) is 17.9 Å². The number of benzene rings is 1. The first-order valence-electron chi connectivity index (χ1n) is 7.47.